The number of aliphatic imine (C=N–C) groups is 1. The number of thioether (sulfide) groups is 1. The van der Waals surface area contributed by atoms with Crippen LogP contribution in [0.5, 0.6) is 0 Å². The Hall–Kier alpha value is -1.23. The van der Waals surface area contributed by atoms with Gasteiger partial charge in [0.05, 0.1) is 0 Å². The summed E-state index contributed by atoms with van der Waals surface area (Å²) in [6.45, 7) is 5.93. The van der Waals surface area contributed by atoms with Crippen LogP contribution >= 0.6 is 11.8 Å². The van der Waals surface area contributed by atoms with Gasteiger partial charge < -0.3 is 10.6 Å². The van der Waals surface area contributed by atoms with Crippen molar-refractivity contribution in [3.05, 3.63) is 29.6 Å². The van der Waals surface area contributed by atoms with E-state index >= 15 is 0 Å². The maximum absolute atomic E-state index is 4.73. The van der Waals surface area contributed by atoms with Crippen LogP contribution in [-0.2, 0) is 6.42 Å². The van der Waals surface area contributed by atoms with Crippen molar-refractivity contribution < 1.29 is 0 Å². The zero-order valence-electron chi connectivity index (χ0n) is 13.9. The molecule has 0 amide bonds. The van der Waals surface area contributed by atoms with Crippen molar-refractivity contribution in [3.8, 4) is 0 Å². The van der Waals surface area contributed by atoms with Gasteiger partial charge in [-0.05, 0) is 63.0 Å². The SMILES string of the molecule is CCNC(=NCCc1ccncc1C)NC1CCC(SC)C1. The van der Waals surface area contributed by atoms with E-state index in [1.807, 2.05) is 24.2 Å². The van der Waals surface area contributed by atoms with Crippen molar-refractivity contribution in [2.45, 2.75) is 50.8 Å². The lowest BCUT2D eigenvalue weighted by Crippen LogP contribution is -2.42. The zero-order chi connectivity index (χ0) is 15.8. The molecule has 1 saturated carbocycles. The smallest absolute Gasteiger partial charge is 0.191 e. The van der Waals surface area contributed by atoms with E-state index in [4.69, 9.17) is 4.99 Å². The van der Waals surface area contributed by atoms with Crippen LogP contribution in [0.25, 0.3) is 0 Å². The van der Waals surface area contributed by atoms with Crippen molar-refractivity contribution in [1.29, 1.82) is 0 Å². The molecule has 0 bridgehead atoms. The molecule has 2 atom stereocenters. The minimum atomic E-state index is 0.568. The highest BCUT2D eigenvalue weighted by Crippen LogP contribution is 2.27. The Kier molecular flexibility index (Phi) is 7.03. The minimum absolute atomic E-state index is 0.568. The molecule has 2 N–H and O–H groups in total. The predicted molar refractivity (Wildman–Crippen MR) is 96.7 cm³/mol. The van der Waals surface area contributed by atoms with Gasteiger partial charge in [-0.2, -0.15) is 11.8 Å². The Balaban J connectivity index is 1.86. The molecule has 0 saturated heterocycles. The molecule has 5 heteroatoms. The van der Waals surface area contributed by atoms with Crippen molar-refractivity contribution >= 4 is 17.7 Å². The van der Waals surface area contributed by atoms with Gasteiger partial charge in [0.15, 0.2) is 5.96 Å². The first kappa shape index (κ1) is 17.1. The summed E-state index contributed by atoms with van der Waals surface area (Å²) in [5, 5.41) is 7.76. The molecule has 0 spiro atoms. The molecule has 1 aliphatic carbocycles. The third-order valence-corrected chi connectivity index (χ3v) is 5.29. The maximum atomic E-state index is 4.73. The molecule has 1 heterocycles. The van der Waals surface area contributed by atoms with Crippen molar-refractivity contribution in [3.63, 3.8) is 0 Å². The van der Waals surface area contributed by atoms with Gasteiger partial charge in [-0.1, -0.05) is 0 Å². The second-order valence-corrected chi connectivity index (χ2v) is 6.96. The van der Waals surface area contributed by atoms with Crippen LogP contribution in [0.15, 0.2) is 23.5 Å². The molecule has 122 valence electrons. The zero-order valence-corrected chi connectivity index (χ0v) is 14.7. The first-order valence-corrected chi connectivity index (χ1v) is 9.48. The molecular formula is C17H28N4S. The monoisotopic (exact) mass is 320 g/mol. The largest absolute Gasteiger partial charge is 0.357 e. The lowest BCUT2D eigenvalue weighted by molar-refractivity contribution is 0.615. The summed E-state index contributed by atoms with van der Waals surface area (Å²) in [6.07, 6.45) is 10.8. The van der Waals surface area contributed by atoms with E-state index in [2.05, 4.69) is 41.8 Å². The van der Waals surface area contributed by atoms with Gasteiger partial charge >= 0.3 is 0 Å². The van der Waals surface area contributed by atoms with Crippen LogP contribution in [0.2, 0.25) is 0 Å². The van der Waals surface area contributed by atoms with Crippen LogP contribution in [0.3, 0.4) is 0 Å². The Labute approximate surface area is 138 Å². The average molecular weight is 321 g/mol. The molecule has 1 aromatic heterocycles. The summed E-state index contributed by atoms with van der Waals surface area (Å²) in [4.78, 5) is 8.87. The van der Waals surface area contributed by atoms with Crippen LogP contribution in [0.4, 0.5) is 0 Å². The topological polar surface area (TPSA) is 49.3 Å². The van der Waals surface area contributed by atoms with E-state index in [0.717, 1.165) is 30.7 Å². The van der Waals surface area contributed by atoms with Crippen LogP contribution in [0, 0.1) is 6.92 Å². The van der Waals surface area contributed by atoms with Gasteiger partial charge in [0.2, 0.25) is 0 Å². The highest BCUT2D eigenvalue weighted by Gasteiger charge is 2.24. The Morgan fingerprint density at radius 1 is 1.45 bits per heavy atom. The molecule has 4 nitrogen and oxygen atoms in total. The number of aryl methyl sites for hydroxylation is 1. The lowest BCUT2D eigenvalue weighted by Gasteiger charge is -2.17. The molecule has 1 fully saturated rings. The lowest BCUT2D eigenvalue weighted by atomic mass is 10.1. The second kappa shape index (κ2) is 9.03. The fourth-order valence-corrected chi connectivity index (χ4v) is 3.67. The molecule has 0 aromatic carbocycles. The first-order valence-electron chi connectivity index (χ1n) is 8.20. The number of pyridine rings is 1. The molecule has 0 aliphatic heterocycles. The molecule has 2 rings (SSSR count). The minimum Gasteiger partial charge on any atom is -0.357 e. The molecule has 1 aliphatic rings. The number of nitrogens with one attached hydrogen (secondary N) is 2. The standard InChI is InChI=1S/C17H28N4S/c1-4-19-17(21-15-5-6-16(11-15)22-3)20-10-8-14-7-9-18-12-13(14)2/h7,9,12,15-16H,4-6,8,10-11H2,1-3H3,(H2,19,20,21). The van der Waals surface area contributed by atoms with E-state index < -0.39 is 0 Å². The fraction of sp³-hybridized carbons (Fsp3) is 0.647. The fourth-order valence-electron chi connectivity index (χ4n) is 2.87. The summed E-state index contributed by atoms with van der Waals surface area (Å²) in [6, 6.07) is 2.66. The first-order chi connectivity index (χ1) is 10.7. The van der Waals surface area contributed by atoms with Crippen LogP contribution in [0.1, 0.15) is 37.3 Å². The average Bonchev–Trinajstić information content (AvgIpc) is 2.97. The van der Waals surface area contributed by atoms with E-state index in [-0.39, 0.29) is 0 Å². The number of hydrogen-bond acceptors (Lipinski definition) is 3. The van der Waals surface area contributed by atoms with E-state index in [1.54, 1.807) is 0 Å². The van der Waals surface area contributed by atoms with Gasteiger partial charge in [0, 0.05) is 36.8 Å². The van der Waals surface area contributed by atoms with E-state index in [9.17, 15) is 0 Å². The number of hydrogen-bond donors (Lipinski definition) is 2. The molecule has 2 unspecified atom stereocenters. The third kappa shape index (κ3) is 5.20. The summed E-state index contributed by atoms with van der Waals surface area (Å²) in [7, 11) is 0. The number of aromatic nitrogens is 1. The van der Waals surface area contributed by atoms with Gasteiger partial charge in [-0.15, -0.1) is 0 Å². The predicted octanol–water partition coefficient (Wildman–Crippen LogP) is 2.77. The number of guanidine groups is 1. The van der Waals surface area contributed by atoms with Crippen molar-refractivity contribution in [2.75, 3.05) is 19.3 Å². The van der Waals surface area contributed by atoms with Crippen molar-refractivity contribution in [2.24, 2.45) is 4.99 Å². The molecule has 0 radical (unpaired) electrons. The number of rotatable bonds is 6. The van der Waals surface area contributed by atoms with Gasteiger partial charge in [0.25, 0.3) is 0 Å². The summed E-state index contributed by atoms with van der Waals surface area (Å²) >= 11 is 1.99. The summed E-state index contributed by atoms with van der Waals surface area (Å²) < 4.78 is 0. The summed E-state index contributed by atoms with van der Waals surface area (Å²) in [5.74, 6) is 0.959. The van der Waals surface area contributed by atoms with E-state index in [0.29, 0.717) is 6.04 Å². The van der Waals surface area contributed by atoms with E-state index in [1.165, 1.54) is 30.4 Å². The van der Waals surface area contributed by atoms with Gasteiger partial charge in [-0.3, -0.25) is 9.98 Å². The highest BCUT2D eigenvalue weighted by molar-refractivity contribution is 7.99. The summed E-state index contributed by atoms with van der Waals surface area (Å²) in [5.41, 5.74) is 2.58. The van der Waals surface area contributed by atoms with Gasteiger partial charge in [0.1, 0.15) is 0 Å². The highest BCUT2D eigenvalue weighted by atomic mass is 32.2. The quantitative estimate of drug-likeness (QED) is 0.625. The van der Waals surface area contributed by atoms with Crippen molar-refractivity contribution in [1.82, 2.24) is 15.6 Å². The Morgan fingerprint density at radius 3 is 3.00 bits per heavy atom. The second-order valence-electron chi connectivity index (χ2n) is 5.82. The normalized spacial score (nSPS) is 21.9. The molecular weight excluding hydrogens is 292 g/mol. The maximum Gasteiger partial charge on any atom is 0.191 e. The third-order valence-electron chi connectivity index (χ3n) is 4.19. The van der Waals surface area contributed by atoms with Gasteiger partial charge in [-0.25, -0.2) is 0 Å². The number of nitrogens with zero attached hydrogens (tertiary/aromatic N) is 2. The Bertz CT molecular complexity index is 489. The Morgan fingerprint density at radius 2 is 2.32 bits per heavy atom. The van der Waals surface area contributed by atoms with Crippen LogP contribution in [-0.4, -0.2) is 41.6 Å². The molecule has 1 aromatic rings. The molecule has 22 heavy (non-hydrogen) atoms. The van der Waals surface area contributed by atoms with Crippen LogP contribution < -0.4 is 10.6 Å².